The molecule has 0 saturated carbocycles. The van der Waals surface area contributed by atoms with Crippen LogP contribution in [0, 0.1) is 0 Å². The monoisotopic (exact) mass is 276 g/mol. The number of hydrogen-bond acceptors (Lipinski definition) is 6. The Morgan fingerprint density at radius 3 is 2.84 bits per heavy atom. The maximum atomic E-state index is 11.8. The van der Waals surface area contributed by atoms with Gasteiger partial charge in [0.2, 0.25) is 0 Å². The number of amides is 1. The summed E-state index contributed by atoms with van der Waals surface area (Å²) in [6.45, 7) is 0. The van der Waals surface area contributed by atoms with Crippen molar-refractivity contribution in [1.29, 1.82) is 0 Å². The molecule has 2 rings (SSSR count). The van der Waals surface area contributed by atoms with Crippen LogP contribution in [0.4, 0.5) is 5.13 Å². The molecule has 2 N–H and O–H groups in total. The second-order valence-electron chi connectivity index (χ2n) is 3.32. The molecule has 0 saturated heterocycles. The van der Waals surface area contributed by atoms with Crippen LogP contribution in [-0.4, -0.2) is 32.2 Å². The van der Waals surface area contributed by atoms with Gasteiger partial charge < -0.3 is 5.11 Å². The number of anilines is 1. The molecule has 2 aromatic heterocycles. The normalized spacial score (nSPS) is 10.5. The molecule has 96 valence electrons. The summed E-state index contributed by atoms with van der Waals surface area (Å²) in [5, 5.41) is 18.6. The lowest BCUT2D eigenvalue weighted by atomic mass is 10.3. The Morgan fingerprint density at radius 1 is 1.32 bits per heavy atom. The molecule has 0 bridgehead atoms. The highest BCUT2D eigenvalue weighted by atomic mass is 32.1. The lowest BCUT2D eigenvalue weighted by molar-refractivity contribution is -0.131. The van der Waals surface area contributed by atoms with E-state index in [4.69, 9.17) is 5.11 Å². The Balaban J connectivity index is 2.04. The molecule has 19 heavy (non-hydrogen) atoms. The van der Waals surface area contributed by atoms with Gasteiger partial charge in [-0.1, -0.05) is 11.3 Å². The minimum atomic E-state index is -1.04. The van der Waals surface area contributed by atoms with Crippen LogP contribution in [0.5, 0.6) is 0 Å². The van der Waals surface area contributed by atoms with Crippen molar-refractivity contribution in [3.8, 4) is 0 Å². The van der Waals surface area contributed by atoms with Gasteiger partial charge in [0.15, 0.2) is 5.13 Å². The van der Waals surface area contributed by atoms with E-state index in [1.165, 1.54) is 42.1 Å². The zero-order valence-electron chi connectivity index (χ0n) is 9.48. The predicted octanol–water partition coefficient (Wildman–Crippen LogP) is 1.28. The molecule has 2 heterocycles. The first-order valence-electron chi connectivity index (χ1n) is 5.10. The zero-order valence-corrected chi connectivity index (χ0v) is 10.3. The molecule has 8 heteroatoms. The van der Waals surface area contributed by atoms with Crippen molar-refractivity contribution in [2.24, 2.45) is 0 Å². The largest absolute Gasteiger partial charge is 0.478 e. The molecule has 7 nitrogen and oxygen atoms in total. The minimum absolute atomic E-state index is 0.349. The first kappa shape index (κ1) is 12.8. The van der Waals surface area contributed by atoms with Crippen molar-refractivity contribution < 1.29 is 14.7 Å². The Morgan fingerprint density at radius 2 is 2.16 bits per heavy atom. The summed E-state index contributed by atoms with van der Waals surface area (Å²) in [7, 11) is 0. The van der Waals surface area contributed by atoms with Crippen molar-refractivity contribution in [3.05, 3.63) is 41.2 Å². The van der Waals surface area contributed by atoms with E-state index in [0.29, 0.717) is 15.6 Å². The van der Waals surface area contributed by atoms with Crippen molar-refractivity contribution in [3.63, 3.8) is 0 Å². The summed E-state index contributed by atoms with van der Waals surface area (Å²) < 4.78 is 0. The van der Waals surface area contributed by atoms with Crippen LogP contribution < -0.4 is 5.32 Å². The Hall–Kier alpha value is -2.61. The number of carboxylic acid groups (broad SMARTS) is 1. The summed E-state index contributed by atoms with van der Waals surface area (Å²) in [5.74, 6) is -1.39. The van der Waals surface area contributed by atoms with Crippen molar-refractivity contribution in [2.45, 2.75) is 0 Å². The molecule has 0 unspecified atom stereocenters. The Kier molecular flexibility index (Phi) is 3.94. The van der Waals surface area contributed by atoms with Gasteiger partial charge in [0, 0.05) is 17.2 Å². The molecule has 0 aromatic carbocycles. The predicted molar refractivity (Wildman–Crippen MR) is 68.8 cm³/mol. The van der Waals surface area contributed by atoms with Crippen LogP contribution in [0.25, 0.3) is 6.08 Å². The van der Waals surface area contributed by atoms with Gasteiger partial charge in [-0.3, -0.25) is 10.1 Å². The number of nitrogens with zero attached hydrogens (tertiary/aromatic N) is 3. The van der Waals surface area contributed by atoms with Gasteiger partial charge >= 0.3 is 5.97 Å². The highest BCUT2D eigenvalue weighted by Gasteiger charge is 2.08. The van der Waals surface area contributed by atoms with Crippen molar-refractivity contribution >= 4 is 34.4 Å². The van der Waals surface area contributed by atoms with Crippen LogP contribution >= 0.6 is 11.3 Å². The lowest BCUT2D eigenvalue weighted by Gasteiger charge is -1.99. The highest BCUT2D eigenvalue weighted by molar-refractivity contribution is 7.16. The number of aromatic nitrogens is 3. The van der Waals surface area contributed by atoms with E-state index in [-0.39, 0.29) is 5.91 Å². The van der Waals surface area contributed by atoms with E-state index in [9.17, 15) is 9.59 Å². The third-order valence-electron chi connectivity index (χ3n) is 1.98. The minimum Gasteiger partial charge on any atom is -0.478 e. The fraction of sp³-hybridized carbons (Fsp3) is 0. The molecule has 0 spiro atoms. The van der Waals surface area contributed by atoms with Gasteiger partial charge in [0.25, 0.3) is 5.91 Å². The Labute approximate surface area is 111 Å². The molecule has 1 amide bonds. The highest BCUT2D eigenvalue weighted by Crippen LogP contribution is 2.19. The third-order valence-corrected chi connectivity index (χ3v) is 2.86. The van der Waals surface area contributed by atoms with Crippen LogP contribution in [0.15, 0.2) is 30.7 Å². The van der Waals surface area contributed by atoms with Crippen molar-refractivity contribution in [2.75, 3.05) is 5.32 Å². The van der Waals surface area contributed by atoms with Crippen molar-refractivity contribution in [1.82, 2.24) is 15.2 Å². The summed E-state index contributed by atoms with van der Waals surface area (Å²) in [6.07, 6.45) is 6.64. The number of nitrogens with one attached hydrogen (secondary N) is 1. The second kappa shape index (κ2) is 5.83. The van der Waals surface area contributed by atoms with E-state index < -0.39 is 5.97 Å². The Bertz CT molecular complexity index is 624. The van der Waals surface area contributed by atoms with Crippen LogP contribution in [-0.2, 0) is 4.79 Å². The number of thiazole rings is 1. The summed E-state index contributed by atoms with van der Waals surface area (Å²) in [4.78, 5) is 26.7. The van der Waals surface area contributed by atoms with Gasteiger partial charge in [-0.05, 0) is 12.1 Å². The molecule has 0 fully saturated rings. The van der Waals surface area contributed by atoms with Gasteiger partial charge in [-0.15, -0.1) is 0 Å². The smallest absolute Gasteiger partial charge is 0.328 e. The van der Waals surface area contributed by atoms with Crippen LogP contribution in [0.3, 0.4) is 0 Å². The SMILES string of the molecule is O=C(O)/C=C/c1cnc(NC(=O)c2ccnnc2)s1. The fourth-order valence-electron chi connectivity index (χ4n) is 1.17. The topological polar surface area (TPSA) is 105 Å². The average Bonchev–Trinajstić information content (AvgIpc) is 2.85. The standard InChI is InChI=1S/C11H8N4O3S/c16-9(17)2-1-8-6-12-11(19-8)15-10(18)7-3-4-13-14-5-7/h1-6H,(H,16,17)(H,12,15,18)/b2-1+. The molecule has 2 aromatic rings. The molecule has 0 aliphatic rings. The number of aliphatic carboxylic acids is 1. The van der Waals surface area contributed by atoms with Crippen LogP contribution in [0.2, 0.25) is 0 Å². The van der Waals surface area contributed by atoms with E-state index in [2.05, 4.69) is 20.5 Å². The number of carbonyl (C=O) groups excluding carboxylic acids is 1. The quantitative estimate of drug-likeness (QED) is 0.815. The van der Waals surface area contributed by atoms with Gasteiger partial charge in [-0.25, -0.2) is 9.78 Å². The molecule has 0 atom stereocenters. The maximum Gasteiger partial charge on any atom is 0.328 e. The molecular formula is C11H8N4O3S. The first-order valence-corrected chi connectivity index (χ1v) is 5.91. The third kappa shape index (κ3) is 3.68. The van der Waals surface area contributed by atoms with E-state index >= 15 is 0 Å². The van der Waals surface area contributed by atoms with E-state index in [1.807, 2.05) is 0 Å². The lowest BCUT2D eigenvalue weighted by Crippen LogP contribution is -2.11. The van der Waals surface area contributed by atoms with Crippen LogP contribution in [0.1, 0.15) is 15.2 Å². The number of carbonyl (C=O) groups is 2. The molecule has 0 radical (unpaired) electrons. The van der Waals surface area contributed by atoms with E-state index in [1.54, 1.807) is 0 Å². The number of carboxylic acids is 1. The summed E-state index contributed by atoms with van der Waals surface area (Å²) in [6, 6.07) is 1.53. The van der Waals surface area contributed by atoms with Gasteiger partial charge in [0.1, 0.15) is 0 Å². The number of hydrogen-bond donors (Lipinski definition) is 2. The fourth-order valence-corrected chi connectivity index (χ4v) is 1.88. The maximum absolute atomic E-state index is 11.8. The average molecular weight is 276 g/mol. The first-order chi connectivity index (χ1) is 9.15. The van der Waals surface area contributed by atoms with Gasteiger partial charge in [0.05, 0.1) is 18.0 Å². The molecular weight excluding hydrogens is 268 g/mol. The van der Waals surface area contributed by atoms with E-state index in [0.717, 1.165) is 6.08 Å². The molecule has 0 aliphatic carbocycles. The number of rotatable bonds is 4. The van der Waals surface area contributed by atoms with Gasteiger partial charge in [-0.2, -0.15) is 10.2 Å². The second-order valence-corrected chi connectivity index (χ2v) is 4.39. The summed E-state index contributed by atoms with van der Waals surface area (Å²) >= 11 is 1.17. The zero-order chi connectivity index (χ0) is 13.7. The molecule has 0 aliphatic heterocycles. The summed E-state index contributed by atoms with van der Waals surface area (Å²) in [5.41, 5.74) is 0.368.